The fourth-order valence-corrected chi connectivity index (χ4v) is 3.02. The van der Waals surface area contributed by atoms with E-state index in [-0.39, 0.29) is 10.1 Å². The fraction of sp³-hybridized carbons (Fsp3) is 0.500. The van der Waals surface area contributed by atoms with Gasteiger partial charge in [-0.25, -0.2) is 8.42 Å². The summed E-state index contributed by atoms with van der Waals surface area (Å²) in [6.07, 6.45) is 0.977. The molecule has 1 aromatic rings. The maximum Gasteiger partial charge on any atom is 0.270 e. The molecule has 1 N–H and O–H groups in total. The van der Waals surface area contributed by atoms with Crippen LogP contribution in [0.3, 0.4) is 0 Å². The molecule has 0 aliphatic carbocycles. The predicted molar refractivity (Wildman–Crippen MR) is 69.1 cm³/mol. The Morgan fingerprint density at radius 1 is 1.59 bits per heavy atom. The second-order valence-electron chi connectivity index (χ2n) is 3.82. The second-order valence-corrected chi connectivity index (χ2v) is 7.52. The lowest BCUT2D eigenvalue weighted by atomic mass is 10.1. The van der Waals surface area contributed by atoms with E-state index in [2.05, 4.69) is 5.32 Å². The molecule has 0 saturated carbocycles. The van der Waals surface area contributed by atoms with Gasteiger partial charge in [0, 0.05) is 22.6 Å². The molecule has 4 nitrogen and oxygen atoms in total. The molecular weight excluding hydrogens is 282 g/mol. The highest BCUT2D eigenvalue weighted by Crippen LogP contribution is 2.23. The average molecular weight is 296 g/mol. The molecule has 0 aliphatic heterocycles. The molecule has 0 saturated heterocycles. The molecule has 0 aliphatic rings. The van der Waals surface area contributed by atoms with Crippen LogP contribution in [0.2, 0.25) is 0 Å². The number of carbonyl (C=O) groups excluding carboxylic acids is 1. The van der Waals surface area contributed by atoms with Crippen LogP contribution in [0.1, 0.15) is 30.6 Å². The minimum absolute atomic E-state index is 0.00661. The summed E-state index contributed by atoms with van der Waals surface area (Å²) in [6.45, 7) is 4.65. The number of nitrogens with one attached hydrogen (secondary N) is 1. The van der Waals surface area contributed by atoms with Crippen LogP contribution in [0.4, 0.5) is 0 Å². The standard InChI is InChI=1S/C10H14ClNO3S2/c1-3-7(2)5-12-10(13)8-4-9(16-6-8)17(11,14)15/h4,6-7H,3,5H2,1-2H3,(H,12,13). The van der Waals surface area contributed by atoms with Crippen molar-refractivity contribution in [1.82, 2.24) is 5.32 Å². The summed E-state index contributed by atoms with van der Waals surface area (Å²) in [5.74, 6) is 0.127. The Hall–Kier alpha value is -0.590. The number of halogens is 1. The third-order valence-corrected chi connectivity index (χ3v) is 5.43. The average Bonchev–Trinajstić information content (AvgIpc) is 2.74. The Morgan fingerprint density at radius 3 is 2.71 bits per heavy atom. The van der Waals surface area contributed by atoms with Crippen LogP contribution in [0.5, 0.6) is 0 Å². The summed E-state index contributed by atoms with van der Waals surface area (Å²) < 4.78 is 22.0. The number of thiophene rings is 1. The van der Waals surface area contributed by atoms with Gasteiger partial charge in [0.25, 0.3) is 15.0 Å². The van der Waals surface area contributed by atoms with Crippen LogP contribution < -0.4 is 5.32 Å². The predicted octanol–water partition coefficient (Wildman–Crippen LogP) is 2.45. The summed E-state index contributed by atoms with van der Waals surface area (Å²) >= 11 is 0.944. The van der Waals surface area contributed by atoms with E-state index in [9.17, 15) is 13.2 Å². The molecule has 1 aromatic heterocycles. The first-order valence-corrected chi connectivity index (χ1v) is 8.35. The van der Waals surface area contributed by atoms with Crippen LogP contribution in [0.15, 0.2) is 15.7 Å². The molecule has 1 rings (SSSR count). The van der Waals surface area contributed by atoms with Crippen molar-refractivity contribution in [3.63, 3.8) is 0 Å². The molecule has 0 fully saturated rings. The zero-order valence-electron chi connectivity index (χ0n) is 9.57. The quantitative estimate of drug-likeness (QED) is 0.849. The summed E-state index contributed by atoms with van der Waals surface area (Å²) in [6, 6.07) is 1.29. The molecule has 0 radical (unpaired) electrons. The molecule has 1 atom stereocenters. The monoisotopic (exact) mass is 295 g/mol. The van der Waals surface area contributed by atoms with E-state index >= 15 is 0 Å². The van der Waals surface area contributed by atoms with Gasteiger partial charge < -0.3 is 5.32 Å². The van der Waals surface area contributed by atoms with Gasteiger partial charge in [0.2, 0.25) is 0 Å². The van der Waals surface area contributed by atoms with Crippen molar-refractivity contribution in [2.24, 2.45) is 5.92 Å². The van der Waals surface area contributed by atoms with Crippen molar-refractivity contribution in [1.29, 1.82) is 0 Å². The Bertz CT molecular complexity index is 495. The van der Waals surface area contributed by atoms with Crippen molar-refractivity contribution in [2.45, 2.75) is 24.5 Å². The van der Waals surface area contributed by atoms with Crippen LogP contribution in [0.25, 0.3) is 0 Å². The second kappa shape index (κ2) is 5.84. The molecule has 1 amide bonds. The van der Waals surface area contributed by atoms with Crippen molar-refractivity contribution >= 4 is 37.0 Å². The first kappa shape index (κ1) is 14.5. The van der Waals surface area contributed by atoms with Gasteiger partial charge in [0.05, 0.1) is 5.56 Å². The van der Waals surface area contributed by atoms with E-state index in [1.165, 1.54) is 11.4 Å². The Morgan fingerprint density at radius 2 is 2.24 bits per heavy atom. The number of hydrogen-bond donors (Lipinski definition) is 1. The minimum atomic E-state index is -3.74. The highest BCUT2D eigenvalue weighted by molar-refractivity contribution is 8.15. The number of hydrogen-bond acceptors (Lipinski definition) is 4. The smallest absolute Gasteiger partial charge is 0.270 e. The van der Waals surface area contributed by atoms with E-state index in [4.69, 9.17) is 10.7 Å². The number of amides is 1. The molecule has 96 valence electrons. The van der Waals surface area contributed by atoms with Gasteiger partial charge in [-0.15, -0.1) is 11.3 Å². The van der Waals surface area contributed by atoms with Crippen LogP contribution in [0, 0.1) is 5.92 Å². The lowest BCUT2D eigenvalue weighted by molar-refractivity contribution is 0.0948. The van der Waals surface area contributed by atoms with Gasteiger partial charge in [0.1, 0.15) is 4.21 Å². The third kappa shape index (κ3) is 4.29. The fourth-order valence-electron chi connectivity index (χ4n) is 1.08. The Balaban J connectivity index is 2.68. The first-order chi connectivity index (χ1) is 7.84. The topological polar surface area (TPSA) is 63.2 Å². The van der Waals surface area contributed by atoms with Crippen LogP contribution in [-0.4, -0.2) is 20.9 Å². The van der Waals surface area contributed by atoms with Gasteiger partial charge in [-0.3, -0.25) is 4.79 Å². The zero-order valence-corrected chi connectivity index (χ0v) is 12.0. The maximum absolute atomic E-state index is 11.7. The van der Waals surface area contributed by atoms with Crippen molar-refractivity contribution in [3.8, 4) is 0 Å². The summed E-state index contributed by atoms with van der Waals surface area (Å²) in [5, 5.41) is 4.23. The number of carbonyl (C=O) groups is 1. The Kier molecular flexibility index (Phi) is 4.97. The molecule has 0 spiro atoms. The molecule has 17 heavy (non-hydrogen) atoms. The molecule has 1 heterocycles. The van der Waals surface area contributed by atoms with E-state index in [1.807, 2.05) is 13.8 Å². The van der Waals surface area contributed by atoms with E-state index in [1.54, 1.807) is 0 Å². The van der Waals surface area contributed by atoms with Crippen molar-refractivity contribution < 1.29 is 13.2 Å². The maximum atomic E-state index is 11.7. The van der Waals surface area contributed by atoms with Gasteiger partial charge in [-0.1, -0.05) is 20.3 Å². The molecule has 1 unspecified atom stereocenters. The van der Waals surface area contributed by atoms with Crippen LogP contribution in [-0.2, 0) is 9.05 Å². The van der Waals surface area contributed by atoms with Crippen LogP contribution >= 0.6 is 22.0 Å². The van der Waals surface area contributed by atoms with Gasteiger partial charge in [0.15, 0.2) is 0 Å². The minimum Gasteiger partial charge on any atom is -0.352 e. The third-order valence-electron chi connectivity index (χ3n) is 2.39. The zero-order chi connectivity index (χ0) is 13.1. The van der Waals surface area contributed by atoms with Gasteiger partial charge in [-0.05, 0) is 12.0 Å². The van der Waals surface area contributed by atoms with E-state index < -0.39 is 9.05 Å². The first-order valence-electron chi connectivity index (χ1n) is 5.16. The number of rotatable bonds is 5. The van der Waals surface area contributed by atoms with Crippen molar-refractivity contribution in [2.75, 3.05) is 6.54 Å². The summed E-state index contributed by atoms with van der Waals surface area (Å²) in [7, 11) is 1.44. The van der Waals surface area contributed by atoms with Gasteiger partial charge in [-0.2, -0.15) is 0 Å². The lowest BCUT2D eigenvalue weighted by Crippen LogP contribution is -2.27. The molecule has 0 bridgehead atoms. The van der Waals surface area contributed by atoms with E-state index in [0.717, 1.165) is 17.8 Å². The SMILES string of the molecule is CCC(C)CNC(=O)c1csc(S(=O)(=O)Cl)c1. The van der Waals surface area contributed by atoms with Crippen molar-refractivity contribution in [3.05, 3.63) is 17.0 Å². The normalized spacial score (nSPS) is 13.4. The molecular formula is C10H14ClNO3S2. The lowest BCUT2D eigenvalue weighted by Gasteiger charge is -2.08. The van der Waals surface area contributed by atoms with Gasteiger partial charge >= 0.3 is 0 Å². The highest BCUT2D eigenvalue weighted by Gasteiger charge is 2.16. The summed E-state index contributed by atoms with van der Waals surface area (Å²) in [4.78, 5) is 11.7. The van der Waals surface area contributed by atoms with E-state index in [0.29, 0.717) is 18.0 Å². The molecule has 7 heteroatoms. The largest absolute Gasteiger partial charge is 0.352 e. The Labute approximate surface area is 109 Å². The molecule has 0 aromatic carbocycles. The summed E-state index contributed by atoms with van der Waals surface area (Å²) in [5.41, 5.74) is 0.331. The highest BCUT2D eigenvalue weighted by atomic mass is 35.7.